The molecule has 0 aliphatic heterocycles. The van der Waals surface area contributed by atoms with Gasteiger partial charge in [0.2, 0.25) is 0 Å². The molecule has 5 aromatic rings. The van der Waals surface area contributed by atoms with Crippen molar-refractivity contribution in [1.29, 1.82) is 5.26 Å². The summed E-state index contributed by atoms with van der Waals surface area (Å²) in [5, 5.41) is 12.6. The zero-order valence-electron chi connectivity index (χ0n) is 20.9. The Bertz CT molecular complexity index is 1620. The van der Waals surface area contributed by atoms with Crippen LogP contribution in [0.1, 0.15) is 16.7 Å². The van der Waals surface area contributed by atoms with Gasteiger partial charge >= 0.3 is 6.01 Å². The van der Waals surface area contributed by atoms with Gasteiger partial charge in [0.05, 0.1) is 11.6 Å². The molecule has 0 aliphatic carbocycles. The highest BCUT2D eigenvalue weighted by molar-refractivity contribution is 5.68. The average molecular weight is 504 g/mol. The summed E-state index contributed by atoms with van der Waals surface area (Å²) in [7, 11) is 1.93. The van der Waals surface area contributed by atoms with Crippen LogP contribution in [0, 0.1) is 18.3 Å². The zero-order valence-corrected chi connectivity index (χ0v) is 20.9. The smallest absolute Gasteiger partial charge is 0.327 e. The highest BCUT2D eigenvalue weighted by Gasteiger charge is 2.17. The number of ether oxygens (including phenoxy) is 2. The van der Waals surface area contributed by atoms with Crippen molar-refractivity contribution in [3.05, 3.63) is 102 Å². The Labute approximate surface area is 220 Å². The van der Waals surface area contributed by atoms with Crippen molar-refractivity contribution < 1.29 is 9.47 Å². The summed E-state index contributed by atoms with van der Waals surface area (Å²) in [6.45, 7) is 2.36. The van der Waals surface area contributed by atoms with Crippen molar-refractivity contribution in [3.63, 3.8) is 0 Å². The van der Waals surface area contributed by atoms with E-state index in [4.69, 9.17) is 15.2 Å². The van der Waals surface area contributed by atoms with Crippen LogP contribution in [0.4, 0.5) is 11.5 Å². The van der Waals surface area contributed by atoms with E-state index < -0.39 is 0 Å². The number of nitrogen functional groups attached to an aromatic ring is 1. The molecule has 38 heavy (non-hydrogen) atoms. The largest absolute Gasteiger partial charge is 0.437 e. The number of anilines is 2. The van der Waals surface area contributed by atoms with Gasteiger partial charge in [-0.2, -0.15) is 15.2 Å². The van der Waals surface area contributed by atoms with Crippen LogP contribution in [-0.4, -0.2) is 19.5 Å². The Morgan fingerprint density at radius 2 is 1.84 bits per heavy atom. The van der Waals surface area contributed by atoms with Gasteiger partial charge in [-0.05, 0) is 42.3 Å². The SMILES string of the molecule is Cc1ccc(C#N)cc1Oc1nc(Oc2cccc(-c3nccn3C)c2)nc(NCc2ccccc2)c1N. The Kier molecular flexibility index (Phi) is 6.87. The molecule has 0 fully saturated rings. The van der Waals surface area contributed by atoms with E-state index in [9.17, 15) is 5.26 Å². The fraction of sp³-hybridized carbons (Fsp3) is 0.103. The Morgan fingerprint density at radius 1 is 1.00 bits per heavy atom. The maximum Gasteiger partial charge on any atom is 0.327 e. The van der Waals surface area contributed by atoms with Gasteiger partial charge in [-0.3, -0.25) is 0 Å². The third-order valence-corrected chi connectivity index (χ3v) is 5.84. The maximum atomic E-state index is 9.32. The zero-order chi connectivity index (χ0) is 26.5. The third kappa shape index (κ3) is 5.39. The molecule has 9 heteroatoms. The highest BCUT2D eigenvalue weighted by atomic mass is 16.5. The molecule has 0 saturated carbocycles. The molecule has 5 rings (SSSR count). The average Bonchev–Trinajstić information content (AvgIpc) is 3.37. The van der Waals surface area contributed by atoms with Crippen LogP contribution in [0.25, 0.3) is 11.4 Å². The van der Waals surface area contributed by atoms with Gasteiger partial charge in [0, 0.05) is 31.5 Å². The van der Waals surface area contributed by atoms with Crippen LogP contribution in [0.5, 0.6) is 23.4 Å². The first kappa shape index (κ1) is 24.3. The minimum atomic E-state index is 0.0517. The predicted octanol–water partition coefficient (Wildman–Crippen LogP) is 5.84. The minimum absolute atomic E-state index is 0.0517. The van der Waals surface area contributed by atoms with Gasteiger partial charge in [-0.15, -0.1) is 0 Å². The van der Waals surface area contributed by atoms with E-state index in [-0.39, 0.29) is 17.6 Å². The fourth-order valence-electron chi connectivity index (χ4n) is 3.80. The Balaban J connectivity index is 1.50. The number of hydrogen-bond acceptors (Lipinski definition) is 8. The van der Waals surface area contributed by atoms with Crippen LogP contribution >= 0.6 is 0 Å². The first-order valence-corrected chi connectivity index (χ1v) is 11.9. The summed E-state index contributed by atoms with van der Waals surface area (Å²) < 4.78 is 14.1. The van der Waals surface area contributed by atoms with Gasteiger partial charge < -0.3 is 25.1 Å². The standard InChI is InChI=1S/C29H25N7O2/c1-19-11-12-21(17-30)15-24(19)38-28-25(31)26(33-18-20-7-4-3-5-8-20)34-29(35-28)37-23-10-6-9-22(16-23)27-32-13-14-36(27)2/h3-16H,18,31H2,1-2H3,(H,33,34,35). The highest BCUT2D eigenvalue weighted by Crippen LogP contribution is 2.35. The number of rotatable bonds is 8. The molecule has 0 radical (unpaired) electrons. The molecule has 0 bridgehead atoms. The number of nitrogens with one attached hydrogen (secondary N) is 1. The predicted molar refractivity (Wildman–Crippen MR) is 145 cm³/mol. The van der Waals surface area contributed by atoms with Gasteiger partial charge in [-0.1, -0.05) is 48.5 Å². The normalized spacial score (nSPS) is 10.6. The monoisotopic (exact) mass is 503 g/mol. The van der Waals surface area contributed by atoms with Crippen LogP contribution in [-0.2, 0) is 13.6 Å². The molecule has 0 saturated heterocycles. The van der Waals surface area contributed by atoms with E-state index in [1.165, 1.54) is 0 Å². The topological polar surface area (TPSA) is 124 Å². The van der Waals surface area contributed by atoms with Crippen LogP contribution in [0.2, 0.25) is 0 Å². The number of nitrogens with two attached hydrogens (primary N) is 1. The van der Waals surface area contributed by atoms with Crippen LogP contribution in [0.3, 0.4) is 0 Å². The van der Waals surface area contributed by atoms with E-state index in [0.29, 0.717) is 29.4 Å². The van der Waals surface area contributed by atoms with E-state index in [1.807, 2.05) is 79.3 Å². The number of aryl methyl sites for hydroxylation is 2. The summed E-state index contributed by atoms with van der Waals surface area (Å²) in [4.78, 5) is 13.4. The van der Waals surface area contributed by atoms with Crippen molar-refractivity contribution in [1.82, 2.24) is 19.5 Å². The summed E-state index contributed by atoms with van der Waals surface area (Å²) in [5.74, 6) is 2.27. The Hall–Kier alpha value is -5.36. The molecule has 0 aliphatic rings. The quantitative estimate of drug-likeness (QED) is 0.271. The third-order valence-electron chi connectivity index (χ3n) is 5.84. The van der Waals surface area contributed by atoms with Gasteiger partial charge in [-0.25, -0.2) is 4.98 Å². The van der Waals surface area contributed by atoms with E-state index in [2.05, 4.69) is 26.3 Å². The first-order valence-electron chi connectivity index (χ1n) is 11.9. The van der Waals surface area contributed by atoms with Gasteiger partial charge in [0.1, 0.15) is 23.0 Å². The lowest BCUT2D eigenvalue weighted by Crippen LogP contribution is -2.08. The lowest BCUT2D eigenvalue weighted by Gasteiger charge is -2.15. The number of nitrogens with zero attached hydrogens (tertiary/aromatic N) is 5. The number of benzene rings is 3. The number of nitriles is 1. The summed E-state index contributed by atoms with van der Waals surface area (Å²) in [6, 6.07) is 24.7. The molecular formula is C29H25N7O2. The molecular weight excluding hydrogens is 478 g/mol. The molecule has 188 valence electrons. The Morgan fingerprint density at radius 3 is 2.61 bits per heavy atom. The minimum Gasteiger partial charge on any atom is -0.437 e. The fourth-order valence-corrected chi connectivity index (χ4v) is 3.80. The van der Waals surface area contributed by atoms with E-state index in [0.717, 1.165) is 22.5 Å². The molecule has 0 unspecified atom stereocenters. The lowest BCUT2D eigenvalue weighted by molar-refractivity contribution is 0.413. The molecule has 3 aromatic carbocycles. The number of imidazole rings is 1. The van der Waals surface area contributed by atoms with Gasteiger partial charge in [0.15, 0.2) is 5.82 Å². The van der Waals surface area contributed by atoms with Crippen molar-refractivity contribution in [2.75, 3.05) is 11.1 Å². The molecule has 0 spiro atoms. The van der Waals surface area contributed by atoms with Crippen molar-refractivity contribution >= 4 is 11.5 Å². The molecule has 0 atom stereocenters. The summed E-state index contributed by atoms with van der Waals surface area (Å²) >= 11 is 0. The molecule has 2 heterocycles. The van der Waals surface area contributed by atoms with Crippen molar-refractivity contribution in [3.8, 4) is 40.8 Å². The molecule has 0 amide bonds. The second kappa shape index (κ2) is 10.7. The van der Waals surface area contributed by atoms with Crippen molar-refractivity contribution in [2.24, 2.45) is 7.05 Å². The number of hydrogen-bond donors (Lipinski definition) is 2. The lowest BCUT2D eigenvalue weighted by atomic mass is 10.1. The van der Waals surface area contributed by atoms with E-state index in [1.54, 1.807) is 24.4 Å². The molecule has 9 nitrogen and oxygen atoms in total. The van der Waals surface area contributed by atoms with Crippen molar-refractivity contribution in [2.45, 2.75) is 13.5 Å². The second-order valence-corrected chi connectivity index (χ2v) is 8.60. The maximum absolute atomic E-state index is 9.32. The second-order valence-electron chi connectivity index (χ2n) is 8.60. The first-order chi connectivity index (χ1) is 18.5. The molecule has 3 N–H and O–H groups in total. The van der Waals surface area contributed by atoms with Crippen LogP contribution in [0.15, 0.2) is 85.2 Å². The number of aromatic nitrogens is 4. The van der Waals surface area contributed by atoms with Crippen LogP contribution < -0.4 is 20.5 Å². The molecule has 2 aromatic heterocycles. The van der Waals surface area contributed by atoms with Gasteiger partial charge in [0.25, 0.3) is 5.88 Å². The van der Waals surface area contributed by atoms with E-state index >= 15 is 0 Å². The summed E-state index contributed by atoms with van der Waals surface area (Å²) in [5.41, 5.74) is 9.88. The summed E-state index contributed by atoms with van der Waals surface area (Å²) in [6.07, 6.45) is 3.62.